The van der Waals surface area contributed by atoms with Gasteiger partial charge in [0.15, 0.2) is 0 Å². The maximum absolute atomic E-state index is 12.4. The highest BCUT2D eigenvalue weighted by molar-refractivity contribution is 5.79. The second-order valence-corrected chi connectivity index (χ2v) is 5.71. The molecule has 2 rings (SSSR count). The predicted octanol–water partition coefficient (Wildman–Crippen LogP) is 1.42. The standard InChI is InChI=1S/C14H25NO3/c1-3-10-4-6-11(7-5-10)14(17)15-8-12(16)13(9-15)18-2/h10-13,16H,3-9H2,1-2H3/t10?,11?,12-,13-/m0/s1. The number of methoxy groups -OCH3 is 1. The average Bonchev–Trinajstić information content (AvgIpc) is 2.79. The minimum atomic E-state index is -0.522. The van der Waals surface area contributed by atoms with Crippen LogP contribution in [0.25, 0.3) is 0 Å². The molecule has 0 unspecified atom stereocenters. The molecule has 1 saturated heterocycles. The van der Waals surface area contributed by atoms with E-state index in [0.29, 0.717) is 13.1 Å². The van der Waals surface area contributed by atoms with E-state index in [2.05, 4.69) is 6.92 Å². The lowest BCUT2D eigenvalue weighted by molar-refractivity contribution is -0.136. The number of carbonyl (C=O) groups is 1. The fourth-order valence-corrected chi connectivity index (χ4v) is 3.24. The Kier molecular flexibility index (Phi) is 4.62. The van der Waals surface area contributed by atoms with Gasteiger partial charge in [0.25, 0.3) is 0 Å². The Balaban J connectivity index is 1.85. The van der Waals surface area contributed by atoms with E-state index in [1.807, 2.05) is 0 Å². The molecule has 0 radical (unpaired) electrons. The normalized spacial score (nSPS) is 36.9. The number of β-amino-alcohol motifs (C(OH)–C–C–N with tert-alkyl or cyclic N) is 1. The van der Waals surface area contributed by atoms with Crippen LogP contribution in [0.1, 0.15) is 39.0 Å². The number of aliphatic hydroxyl groups excluding tert-OH is 1. The number of aliphatic hydroxyl groups is 1. The quantitative estimate of drug-likeness (QED) is 0.830. The molecule has 1 saturated carbocycles. The van der Waals surface area contributed by atoms with E-state index < -0.39 is 6.10 Å². The van der Waals surface area contributed by atoms with Crippen LogP contribution >= 0.6 is 0 Å². The van der Waals surface area contributed by atoms with Crippen molar-refractivity contribution in [1.29, 1.82) is 0 Å². The first kappa shape index (κ1) is 13.8. The monoisotopic (exact) mass is 255 g/mol. The molecule has 0 bridgehead atoms. The summed E-state index contributed by atoms with van der Waals surface area (Å²) in [5, 5.41) is 9.77. The van der Waals surface area contributed by atoms with E-state index in [0.717, 1.165) is 18.8 Å². The van der Waals surface area contributed by atoms with Crippen molar-refractivity contribution in [2.24, 2.45) is 11.8 Å². The molecule has 0 spiro atoms. The molecule has 1 N–H and O–H groups in total. The molecule has 2 aliphatic rings. The number of rotatable bonds is 3. The Hall–Kier alpha value is -0.610. The fraction of sp³-hybridized carbons (Fsp3) is 0.929. The Labute approximate surface area is 109 Å². The topological polar surface area (TPSA) is 49.8 Å². The molecule has 104 valence electrons. The maximum Gasteiger partial charge on any atom is 0.225 e. The number of hydrogen-bond donors (Lipinski definition) is 1. The van der Waals surface area contributed by atoms with Gasteiger partial charge in [-0.1, -0.05) is 13.3 Å². The van der Waals surface area contributed by atoms with Crippen LogP contribution in [-0.2, 0) is 9.53 Å². The van der Waals surface area contributed by atoms with Gasteiger partial charge in [-0.25, -0.2) is 0 Å². The smallest absolute Gasteiger partial charge is 0.225 e. The number of amides is 1. The molecular formula is C14H25NO3. The number of likely N-dealkylation sites (tertiary alicyclic amines) is 1. The van der Waals surface area contributed by atoms with Crippen LogP contribution in [0, 0.1) is 11.8 Å². The van der Waals surface area contributed by atoms with Crippen molar-refractivity contribution >= 4 is 5.91 Å². The van der Waals surface area contributed by atoms with E-state index in [4.69, 9.17) is 4.74 Å². The summed E-state index contributed by atoms with van der Waals surface area (Å²) in [6, 6.07) is 0. The molecule has 0 aromatic rings. The molecule has 18 heavy (non-hydrogen) atoms. The Morgan fingerprint density at radius 1 is 1.28 bits per heavy atom. The lowest BCUT2D eigenvalue weighted by Crippen LogP contribution is -2.37. The molecule has 1 heterocycles. The van der Waals surface area contributed by atoms with Crippen LogP contribution in [0.3, 0.4) is 0 Å². The minimum Gasteiger partial charge on any atom is -0.388 e. The van der Waals surface area contributed by atoms with Gasteiger partial charge < -0.3 is 14.7 Å². The van der Waals surface area contributed by atoms with Crippen LogP contribution in [0.2, 0.25) is 0 Å². The van der Waals surface area contributed by atoms with Gasteiger partial charge in [-0.05, 0) is 31.6 Å². The third kappa shape index (κ3) is 2.86. The van der Waals surface area contributed by atoms with E-state index in [1.54, 1.807) is 12.0 Å². The van der Waals surface area contributed by atoms with Gasteiger partial charge in [0.1, 0.15) is 6.10 Å². The summed E-state index contributed by atoms with van der Waals surface area (Å²) in [7, 11) is 1.59. The zero-order valence-corrected chi connectivity index (χ0v) is 11.5. The highest BCUT2D eigenvalue weighted by Gasteiger charge is 2.37. The first-order valence-electron chi connectivity index (χ1n) is 7.15. The van der Waals surface area contributed by atoms with Gasteiger partial charge in [-0.2, -0.15) is 0 Å². The van der Waals surface area contributed by atoms with Gasteiger partial charge in [-0.15, -0.1) is 0 Å². The van der Waals surface area contributed by atoms with Crippen molar-refractivity contribution < 1.29 is 14.6 Å². The van der Waals surface area contributed by atoms with Crippen LogP contribution in [-0.4, -0.2) is 48.3 Å². The molecule has 2 fully saturated rings. The third-order valence-corrected chi connectivity index (χ3v) is 4.62. The van der Waals surface area contributed by atoms with Crippen molar-refractivity contribution in [3.63, 3.8) is 0 Å². The van der Waals surface area contributed by atoms with Crippen LogP contribution in [0.4, 0.5) is 0 Å². The second kappa shape index (κ2) is 6.02. The van der Waals surface area contributed by atoms with Crippen molar-refractivity contribution in [2.75, 3.05) is 20.2 Å². The van der Waals surface area contributed by atoms with Crippen LogP contribution in [0.5, 0.6) is 0 Å². The molecule has 1 aliphatic carbocycles. The highest BCUT2D eigenvalue weighted by atomic mass is 16.5. The van der Waals surface area contributed by atoms with E-state index in [1.165, 1.54) is 19.3 Å². The minimum absolute atomic E-state index is 0.176. The Bertz CT molecular complexity index is 287. The van der Waals surface area contributed by atoms with Crippen molar-refractivity contribution in [2.45, 2.75) is 51.2 Å². The van der Waals surface area contributed by atoms with Crippen molar-refractivity contribution in [1.82, 2.24) is 4.90 Å². The first-order chi connectivity index (χ1) is 8.65. The predicted molar refractivity (Wildman–Crippen MR) is 69.1 cm³/mol. The van der Waals surface area contributed by atoms with E-state index in [9.17, 15) is 9.90 Å². The zero-order chi connectivity index (χ0) is 13.1. The Morgan fingerprint density at radius 3 is 2.44 bits per heavy atom. The highest BCUT2D eigenvalue weighted by Crippen LogP contribution is 2.32. The first-order valence-corrected chi connectivity index (χ1v) is 7.15. The van der Waals surface area contributed by atoms with Gasteiger partial charge in [0, 0.05) is 26.1 Å². The third-order valence-electron chi connectivity index (χ3n) is 4.62. The molecule has 1 aliphatic heterocycles. The number of hydrogen-bond acceptors (Lipinski definition) is 3. The molecular weight excluding hydrogens is 230 g/mol. The molecule has 1 amide bonds. The molecule has 4 heteroatoms. The number of carbonyl (C=O) groups excluding carboxylic acids is 1. The van der Waals surface area contributed by atoms with Gasteiger partial charge in [-0.3, -0.25) is 4.79 Å². The lowest BCUT2D eigenvalue weighted by atomic mass is 9.80. The summed E-state index contributed by atoms with van der Waals surface area (Å²) in [6.45, 7) is 3.21. The van der Waals surface area contributed by atoms with Crippen molar-refractivity contribution in [3.05, 3.63) is 0 Å². The maximum atomic E-state index is 12.4. The van der Waals surface area contributed by atoms with Crippen LogP contribution in [0.15, 0.2) is 0 Å². The summed E-state index contributed by atoms with van der Waals surface area (Å²) in [6.07, 6.45) is 4.89. The van der Waals surface area contributed by atoms with Gasteiger partial charge >= 0.3 is 0 Å². The summed E-state index contributed by atoms with van der Waals surface area (Å²) in [5.41, 5.74) is 0. The molecule has 2 atom stereocenters. The SMILES string of the molecule is CCC1CCC(C(=O)N2C[C@H](OC)[C@@H](O)C2)CC1. The second-order valence-electron chi connectivity index (χ2n) is 5.71. The summed E-state index contributed by atoms with van der Waals surface area (Å²) in [4.78, 5) is 14.1. The summed E-state index contributed by atoms with van der Waals surface area (Å²) < 4.78 is 5.18. The molecule has 0 aromatic heterocycles. The number of ether oxygens (including phenoxy) is 1. The van der Waals surface area contributed by atoms with E-state index in [-0.39, 0.29) is 17.9 Å². The van der Waals surface area contributed by atoms with Crippen LogP contribution < -0.4 is 0 Å². The van der Waals surface area contributed by atoms with Crippen molar-refractivity contribution in [3.8, 4) is 0 Å². The molecule has 0 aromatic carbocycles. The zero-order valence-electron chi connectivity index (χ0n) is 11.5. The lowest BCUT2D eigenvalue weighted by Gasteiger charge is -2.29. The fourth-order valence-electron chi connectivity index (χ4n) is 3.24. The largest absolute Gasteiger partial charge is 0.388 e. The molecule has 4 nitrogen and oxygen atoms in total. The average molecular weight is 255 g/mol. The number of nitrogens with zero attached hydrogens (tertiary/aromatic N) is 1. The summed E-state index contributed by atoms with van der Waals surface area (Å²) >= 11 is 0. The van der Waals surface area contributed by atoms with E-state index >= 15 is 0 Å². The Morgan fingerprint density at radius 2 is 1.94 bits per heavy atom. The van der Waals surface area contributed by atoms with Gasteiger partial charge in [0.05, 0.1) is 6.10 Å². The van der Waals surface area contributed by atoms with Gasteiger partial charge in [0.2, 0.25) is 5.91 Å². The summed E-state index contributed by atoms with van der Waals surface area (Å²) in [5.74, 6) is 1.21.